The number of rotatable bonds is 11. The molecule has 6 heteroatoms. The maximum Gasteiger partial charge on any atom is 0.243 e. The Morgan fingerprint density at radius 2 is 1.61 bits per heavy atom. The van der Waals surface area contributed by atoms with E-state index in [0.717, 1.165) is 22.6 Å². The van der Waals surface area contributed by atoms with Gasteiger partial charge in [0.05, 0.1) is 13.7 Å². The van der Waals surface area contributed by atoms with Gasteiger partial charge >= 0.3 is 0 Å². The third kappa shape index (κ3) is 8.79. The van der Waals surface area contributed by atoms with Crippen molar-refractivity contribution in [2.45, 2.75) is 72.0 Å². The summed E-state index contributed by atoms with van der Waals surface area (Å²) in [4.78, 5) is 28.0. The molecule has 0 heterocycles. The van der Waals surface area contributed by atoms with Gasteiger partial charge in [-0.1, -0.05) is 36.8 Å². The van der Waals surface area contributed by atoms with Gasteiger partial charge in [0.2, 0.25) is 11.8 Å². The molecule has 0 aromatic heterocycles. The first-order valence-corrected chi connectivity index (χ1v) is 11.6. The van der Waals surface area contributed by atoms with Gasteiger partial charge in [-0.05, 0) is 70.4 Å². The van der Waals surface area contributed by atoms with Crippen LogP contribution in [0.25, 0.3) is 0 Å². The minimum atomic E-state index is -0.527. The molecule has 2 aromatic carbocycles. The summed E-state index contributed by atoms with van der Waals surface area (Å²) in [6.45, 7) is 10.6. The van der Waals surface area contributed by atoms with Crippen molar-refractivity contribution < 1.29 is 19.1 Å². The number of nitrogens with one attached hydrogen (secondary N) is 1. The second-order valence-corrected chi connectivity index (χ2v) is 9.30. The van der Waals surface area contributed by atoms with Crippen LogP contribution in [-0.2, 0) is 16.1 Å². The summed E-state index contributed by atoms with van der Waals surface area (Å²) in [6, 6.07) is 14.9. The van der Waals surface area contributed by atoms with E-state index in [1.54, 1.807) is 12.0 Å². The number of amides is 2. The van der Waals surface area contributed by atoms with Gasteiger partial charge in [-0.15, -0.1) is 0 Å². The maximum absolute atomic E-state index is 13.3. The smallest absolute Gasteiger partial charge is 0.243 e. The lowest BCUT2D eigenvalue weighted by Gasteiger charge is -2.33. The molecule has 1 atom stereocenters. The van der Waals surface area contributed by atoms with Gasteiger partial charge in [0.25, 0.3) is 0 Å². The van der Waals surface area contributed by atoms with Crippen LogP contribution in [0.3, 0.4) is 0 Å². The molecule has 1 N–H and O–H groups in total. The molecule has 2 amide bonds. The van der Waals surface area contributed by atoms with Gasteiger partial charge in [0.15, 0.2) is 0 Å². The minimum Gasteiger partial charge on any atom is -0.497 e. The summed E-state index contributed by atoms with van der Waals surface area (Å²) >= 11 is 0. The molecule has 33 heavy (non-hydrogen) atoms. The van der Waals surface area contributed by atoms with E-state index in [2.05, 4.69) is 5.32 Å². The molecule has 0 aliphatic rings. The van der Waals surface area contributed by atoms with E-state index >= 15 is 0 Å². The number of nitrogens with zero attached hydrogens (tertiary/aromatic N) is 1. The normalized spacial score (nSPS) is 12.1. The topological polar surface area (TPSA) is 67.9 Å². The Morgan fingerprint density at radius 1 is 1.00 bits per heavy atom. The molecular weight excluding hydrogens is 416 g/mol. The number of carbonyl (C=O) groups is 2. The third-order valence-electron chi connectivity index (χ3n) is 5.22. The first-order chi connectivity index (χ1) is 15.6. The predicted molar refractivity (Wildman–Crippen MR) is 131 cm³/mol. The van der Waals surface area contributed by atoms with Crippen LogP contribution in [-0.4, -0.2) is 42.0 Å². The van der Waals surface area contributed by atoms with Crippen molar-refractivity contribution in [1.82, 2.24) is 10.2 Å². The van der Waals surface area contributed by atoms with Crippen molar-refractivity contribution in [1.29, 1.82) is 0 Å². The number of methoxy groups -OCH3 is 1. The summed E-state index contributed by atoms with van der Waals surface area (Å²) in [5.74, 6) is 1.32. The largest absolute Gasteiger partial charge is 0.497 e. The van der Waals surface area contributed by atoms with Gasteiger partial charge < -0.3 is 19.7 Å². The molecule has 0 fully saturated rings. The van der Waals surface area contributed by atoms with Gasteiger partial charge in [0.1, 0.15) is 17.5 Å². The fraction of sp³-hybridized carbons (Fsp3) is 0.481. The van der Waals surface area contributed by atoms with E-state index in [9.17, 15) is 9.59 Å². The van der Waals surface area contributed by atoms with Gasteiger partial charge in [0, 0.05) is 18.5 Å². The number of aryl methyl sites for hydroxylation is 1. The highest BCUT2D eigenvalue weighted by molar-refractivity contribution is 5.88. The SMILES string of the molecule is CC[C@H](C(=O)NC(C)(C)C)N(Cc1ccc(C)cc1)C(=O)CCCOc1ccc(OC)cc1. The van der Waals surface area contributed by atoms with Crippen LogP contribution < -0.4 is 14.8 Å². The highest BCUT2D eigenvalue weighted by Crippen LogP contribution is 2.19. The van der Waals surface area contributed by atoms with E-state index in [-0.39, 0.29) is 17.4 Å². The fourth-order valence-electron chi connectivity index (χ4n) is 3.49. The summed E-state index contributed by atoms with van der Waals surface area (Å²) in [5, 5.41) is 3.03. The average Bonchev–Trinajstić information content (AvgIpc) is 2.77. The van der Waals surface area contributed by atoms with Crippen LogP contribution in [0.15, 0.2) is 48.5 Å². The van der Waals surface area contributed by atoms with Crippen molar-refractivity contribution in [3.63, 3.8) is 0 Å². The van der Waals surface area contributed by atoms with Crippen LogP contribution in [0.1, 0.15) is 58.1 Å². The molecule has 0 saturated heterocycles. The molecular formula is C27H38N2O4. The molecule has 0 radical (unpaired) electrons. The second-order valence-electron chi connectivity index (χ2n) is 9.30. The zero-order chi connectivity index (χ0) is 24.4. The monoisotopic (exact) mass is 454 g/mol. The Balaban J connectivity index is 2.05. The summed E-state index contributed by atoms with van der Waals surface area (Å²) in [7, 11) is 1.62. The lowest BCUT2D eigenvalue weighted by Crippen LogP contribution is -2.53. The predicted octanol–water partition coefficient (Wildman–Crippen LogP) is 4.88. The van der Waals surface area contributed by atoms with Crippen LogP contribution >= 0.6 is 0 Å². The first-order valence-electron chi connectivity index (χ1n) is 11.6. The minimum absolute atomic E-state index is 0.0511. The zero-order valence-electron chi connectivity index (χ0n) is 20.8. The first kappa shape index (κ1) is 26.2. The summed E-state index contributed by atoms with van der Waals surface area (Å²) in [6.07, 6.45) is 1.41. The Hall–Kier alpha value is -3.02. The van der Waals surface area contributed by atoms with Crippen molar-refractivity contribution in [2.75, 3.05) is 13.7 Å². The maximum atomic E-state index is 13.3. The van der Waals surface area contributed by atoms with Crippen molar-refractivity contribution in [3.8, 4) is 11.5 Å². The molecule has 180 valence electrons. The fourth-order valence-corrected chi connectivity index (χ4v) is 3.49. The lowest BCUT2D eigenvalue weighted by molar-refractivity contribution is -0.142. The quantitative estimate of drug-likeness (QED) is 0.491. The second kappa shape index (κ2) is 12.3. The Kier molecular flexibility index (Phi) is 9.76. The van der Waals surface area contributed by atoms with E-state index in [0.29, 0.717) is 32.4 Å². The molecule has 0 spiro atoms. The van der Waals surface area contributed by atoms with Crippen LogP contribution in [0, 0.1) is 6.92 Å². The van der Waals surface area contributed by atoms with Gasteiger partial charge in [-0.25, -0.2) is 0 Å². The van der Waals surface area contributed by atoms with Crippen LogP contribution in [0.4, 0.5) is 0 Å². The van der Waals surface area contributed by atoms with Crippen molar-refractivity contribution in [3.05, 3.63) is 59.7 Å². The third-order valence-corrected chi connectivity index (χ3v) is 5.22. The summed E-state index contributed by atoms with van der Waals surface area (Å²) in [5.41, 5.74) is 1.80. The summed E-state index contributed by atoms with van der Waals surface area (Å²) < 4.78 is 10.9. The van der Waals surface area contributed by atoms with E-state index in [4.69, 9.17) is 9.47 Å². The van der Waals surface area contributed by atoms with Gasteiger partial charge in [-0.2, -0.15) is 0 Å². The van der Waals surface area contributed by atoms with Crippen LogP contribution in [0.5, 0.6) is 11.5 Å². The molecule has 0 saturated carbocycles. The van der Waals surface area contributed by atoms with Crippen molar-refractivity contribution >= 4 is 11.8 Å². The number of hydrogen-bond acceptors (Lipinski definition) is 4. The van der Waals surface area contributed by atoms with E-state index in [1.165, 1.54) is 0 Å². The number of carbonyl (C=O) groups excluding carboxylic acids is 2. The average molecular weight is 455 g/mol. The Morgan fingerprint density at radius 3 is 2.15 bits per heavy atom. The molecule has 6 nitrogen and oxygen atoms in total. The standard InChI is InChI=1S/C27H38N2O4/c1-7-24(26(31)28-27(3,4)5)29(19-21-12-10-20(2)11-13-21)25(30)9-8-18-33-23-16-14-22(32-6)15-17-23/h10-17,24H,7-9,18-19H2,1-6H3,(H,28,31)/t24-/m1/s1. The highest BCUT2D eigenvalue weighted by Gasteiger charge is 2.30. The number of benzene rings is 2. The Labute approximate surface area is 198 Å². The molecule has 0 unspecified atom stereocenters. The lowest BCUT2D eigenvalue weighted by atomic mass is 10.0. The van der Waals surface area contributed by atoms with E-state index < -0.39 is 6.04 Å². The molecule has 0 aliphatic carbocycles. The van der Waals surface area contributed by atoms with E-state index in [1.807, 2.05) is 83.1 Å². The number of ether oxygens (including phenoxy) is 2. The molecule has 0 aliphatic heterocycles. The zero-order valence-corrected chi connectivity index (χ0v) is 20.8. The van der Waals surface area contributed by atoms with Crippen LogP contribution in [0.2, 0.25) is 0 Å². The molecule has 2 rings (SSSR count). The molecule has 0 bridgehead atoms. The van der Waals surface area contributed by atoms with Gasteiger partial charge in [-0.3, -0.25) is 9.59 Å². The number of hydrogen-bond donors (Lipinski definition) is 1. The van der Waals surface area contributed by atoms with Crippen molar-refractivity contribution in [2.24, 2.45) is 0 Å². The Bertz CT molecular complexity index is 886. The molecule has 2 aromatic rings. The highest BCUT2D eigenvalue weighted by atomic mass is 16.5.